The van der Waals surface area contributed by atoms with Crippen molar-refractivity contribution in [2.75, 3.05) is 6.26 Å². The van der Waals surface area contributed by atoms with E-state index in [2.05, 4.69) is 10.9 Å². The zero-order chi connectivity index (χ0) is 14.5. The zero-order valence-corrected chi connectivity index (χ0v) is 12.3. The second kappa shape index (κ2) is 4.81. The first kappa shape index (κ1) is 14.0. The number of hydrogen-bond acceptors (Lipinski definition) is 6. The highest BCUT2D eigenvalue weighted by Gasteiger charge is 2.47. The molecule has 0 aromatic heterocycles. The van der Waals surface area contributed by atoms with Crippen molar-refractivity contribution in [1.29, 1.82) is 0 Å². The Morgan fingerprint density at radius 2 is 2.00 bits per heavy atom. The fourth-order valence-electron chi connectivity index (χ4n) is 2.55. The number of hydrazine groups is 1. The largest absolute Gasteiger partial charge is 0.314 e. The Balaban J connectivity index is 2.22. The molecule has 0 spiro atoms. The van der Waals surface area contributed by atoms with Crippen molar-refractivity contribution in [3.8, 4) is 0 Å². The van der Waals surface area contributed by atoms with Crippen LogP contribution in [0.25, 0.3) is 5.57 Å². The highest BCUT2D eigenvalue weighted by molar-refractivity contribution is 8.19. The van der Waals surface area contributed by atoms with Crippen LogP contribution >= 0.6 is 11.8 Å². The Bertz CT molecular complexity index is 690. The smallest absolute Gasteiger partial charge is 0.181 e. The number of nitrogens with one attached hydrogen (secondary N) is 2. The zero-order valence-electron chi connectivity index (χ0n) is 10.6. The molecule has 20 heavy (non-hydrogen) atoms. The molecule has 0 radical (unpaired) electrons. The van der Waals surface area contributed by atoms with E-state index < -0.39 is 21.8 Å². The second-order valence-corrected chi connectivity index (χ2v) is 8.19. The number of rotatable bonds is 2. The van der Waals surface area contributed by atoms with Gasteiger partial charge in [0.05, 0.1) is 11.5 Å². The molecule has 3 atom stereocenters. The number of thioether (sulfide) groups is 1. The molecule has 4 N–H and O–H groups in total. The molecule has 1 aromatic rings. The molecule has 3 unspecified atom stereocenters. The van der Waals surface area contributed by atoms with Gasteiger partial charge >= 0.3 is 0 Å². The molecule has 2 aliphatic rings. The minimum absolute atomic E-state index is 0.196. The van der Waals surface area contributed by atoms with E-state index in [-0.39, 0.29) is 15.5 Å². The maximum atomic E-state index is 14.1. The van der Waals surface area contributed by atoms with Crippen LogP contribution in [0.15, 0.2) is 28.5 Å². The predicted octanol–water partition coefficient (Wildman–Crippen LogP) is 0.621. The van der Waals surface area contributed by atoms with Crippen LogP contribution in [0.3, 0.4) is 0 Å². The normalized spacial score (nSPS) is 29.9. The van der Waals surface area contributed by atoms with Crippen molar-refractivity contribution < 1.29 is 12.8 Å². The predicted molar refractivity (Wildman–Crippen MR) is 77.3 cm³/mol. The number of nitrogens with two attached hydrogens (primary N) is 1. The van der Waals surface area contributed by atoms with Crippen LogP contribution in [0.4, 0.5) is 4.39 Å². The lowest BCUT2D eigenvalue weighted by molar-refractivity contribution is 0.537. The van der Waals surface area contributed by atoms with Gasteiger partial charge in [0.1, 0.15) is 10.1 Å². The van der Waals surface area contributed by atoms with E-state index in [0.29, 0.717) is 11.1 Å². The standard InChI is InChI=1S/C12H14FN3O2S2/c1-20(17,18)12-8(6-4-2-3-5-7(6)13)9-10(14)15-16-11(9)19-12/h2-5,9-11,15-16H,14H2,1H3. The fourth-order valence-corrected chi connectivity index (χ4v) is 5.39. The summed E-state index contributed by atoms with van der Waals surface area (Å²) in [7, 11) is -3.43. The molecule has 2 aliphatic heterocycles. The summed E-state index contributed by atoms with van der Waals surface area (Å²) >= 11 is 1.17. The molecule has 0 saturated carbocycles. The van der Waals surface area contributed by atoms with E-state index in [1.54, 1.807) is 18.2 Å². The molecule has 0 bridgehead atoms. The van der Waals surface area contributed by atoms with Gasteiger partial charge in [-0.05, 0) is 11.6 Å². The van der Waals surface area contributed by atoms with Gasteiger partial charge < -0.3 is 5.73 Å². The molecule has 5 nitrogen and oxygen atoms in total. The van der Waals surface area contributed by atoms with Gasteiger partial charge in [-0.2, -0.15) is 0 Å². The Hall–Kier alpha value is -0.930. The van der Waals surface area contributed by atoms with Crippen LogP contribution in [0.2, 0.25) is 0 Å². The van der Waals surface area contributed by atoms with Crippen LogP contribution in [-0.4, -0.2) is 26.2 Å². The molecular formula is C12H14FN3O2S2. The van der Waals surface area contributed by atoms with E-state index in [0.717, 1.165) is 6.26 Å². The summed E-state index contributed by atoms with van der Waals surface area (Å²) in [6, 6.07) is 6.17. The van der Waals surface area contributed by atoms with E-state index in [1.807, 2.05) is 0 Å². The van der Waals surface area contributed by atoms with Crippen molar-refractivity contribution in [3.05, 3.63) is 39.9 Å². The summed E-state index contributed by atoms with van der Waals surface area (Å²) in [4.78, 5) is 0. The fraction of sp³-hybridized carbons (Fsp3) is 0.333. The summed E-state index contributed by atoms with van der Waals surface area (Å²) in [5, 5.41) is -0.204. The first-order valence-corrected chi connectivity index (χ1v) is 8.79. The SMILES string of the molecule is CS(=O)(=O)C1=C(c2ccccc2F)C2C(N)NNC2S1. The molecule has 1 saturated heterocycles. The van der Waals surface area contributed by atoms with Gasteiger partial charge in [0, 0.05) is 17.7 Å². The first-order chi connectivity index (χ1) is 9.39. The molecule has 0 aliphatic carbocycles. The van der Waals surface area contributed by atoms with Gasteiger partial charge in [-0.1, -0.05) is 30.0 Å². The molecule has 1 fully saturated rings. The lowest BCUT2D eigenvalue weighted by atomic mass is 9.92. The van der Waals surface area contributed by atoms with E-state index >= 15 is 0 Å². The highest BCUT2D eigenvalue weighted by atomic mass is 32.3. The van der Waals surface area contributed by atoms with Gasteiger partial charge in [-0.15, -0.1) is 0 Å². The van der Waals surface area contributed by atoms with Crippen LogP contribution in [0, 0.1) is 11.7 Å². The molecule has 8 heteroatoms. The van der Waals surface area contributed by atoms with Crippen molar-refractivity contribution in [1.82, 2.24) is 10.9 Å². The third kappa shape index (κ3) is 2.17. The van der Waals surface area contributed by atoms with Crippen molar-refractivity contribution >= 4 is 27.2 Å². The van der Waals surface area contributed by atoms with Crippen LogP contribution in [0.5, 0.6) is 0 Å². The maximum Gasteiger partial charge on any atom is 0.181 e. The van der Waals surface area contributed by atoms with Crippen molar-refractivity contribution in [2.45, 2.75) is 11.5 Å². The summed E-state index contributed by atoms with van der Waals surface area (Å²) in [6.45, 7) is 0. The first-order valence-electron chi connectivity index (χ1n) is 6.02. The topological polar surface area (TPSA) is 84.2 Å². The molecule has 0 amide bonds. The van der Waals surface area contributed by atoms with Crippen LogP contribution in [0.1, 0.15) is 5.56 Å². The summed E-state index contributed by atoms with van der Waals surface area (Å²) in [5.74, 6) is -0.731. The Kier molecular flexibility index (Phi) is 3.38. The molecule has 1 aromatic carbocycles. The van der Waals surface area contributed by atoms with Gasteiger partial charge in [0.2, 0.25) is 0 Å². The van der Waals surface area contributed by atoms with Gasteiger partial charge in [-0.25, -0.2) is 23.7 Å². The van der Waals surface area contributed by atoms with Crippen LogP contribution < -0.4 is 16.6 Å². The summed E-state index contributed by atoms with van der Waals surface area (Å²) < 4.78 is 38.2. The Labute approximate surface area is 120 Å². The van der Waals surface area contributed by atoms with Gasteiger partial charge in [0.25, 0.3) is 0 Å². The lowest BCUT2D eigenvalue weighted by Gasteiger charge is -2.17. The molecular weight excluding hydrogens is 301 g/mol. The Morgan fingerprint density at radius 1 is 1.30 bits per heavy atom. The van der Waals surface area contributed by atoms with E-state index in [4.69, 9.17) is 5.73 Å². The molecule has 108 valence electrons. The molecule has 3 rings (SSSR count). The number of benzene rings is 1. The minimum Gasteiger partial charge on any atom is -0.314 e. The highest BCUT2D eigenvalue weighted by Crippen LogP contribution is 2.50. The van der Waals surface area contributed by atoms with E-state index in [1.165, 1.54) is 17.8 Å². The molecule has 2 heterocycles. The van der Waals surface area contributed by atoms with Crippen molar-refractivity contribution in [3.63, 3.8) is 0 Å². The van der Waals surface area contributed by atoms with Gasteiger partial charge in [-0.3, -0.25) is 0 Å². The summed E-state index contributed by atoms with van der Waals surface area (Å²) in [5.41, 5.74) is 12.5. The number of halogens is 1. The maximum absolute atomic E-state index is 14.1. The third-order valence-electron chi connectivity index (χ3n) is 3.39. The lowest BCUT2D eigenvalue weighted by Crippen LogP contribution is -2.39. The average molecular weight is 315 g/mol. The second-order valence-electron chi connectivity index (χ2n) is 4.83. The minimum atomic E-state index is -3.43. The van der Waals surface area contributed by atoms with Crippen molar-refractivity contribution in [2.24, 2.45) is 11.7 Å². The Morgan fingerprint density at radius 3 is 2.65 bits per heavy atom. The summed E-state index contributed by atoms with van der Waals surface area (Å²) in [6.07, 6.45) is 0.678. The monoisotopic (exact) mass is 315 g/mol. The van der Waals surface area contributed by atoms with Gasteiger partial charge in [0.15, 0.2) is 9.84 Å². The average Bonchev–Trinajstić information content (AvgIpc) is 2.90. The quantitative estimate of drug-likeness (QED) is 0.742. The number of fused-ring (bicyclic) bond motifs is 1. The number of sulfone groups is 1. The van der Waals surface area contributed by atoms with E-state index in [9.17, 15) is 12.8 Å². The number of hydrogen-bond donors (Lipinski definition) is 3. The third-order valence-corrected chi connectivity index (χ3v) is 6.58. The van der Waals surface area contributed by atoms with Crippen LogP contribution in [-0.2, 0) is 9.84 Å².